The minimum Gasteiger partial charge on any atom is -0.464 e. The second-order valence-corrected chi connectivity index (χ2v) is 8.33. The highest BCUT2D eigenvalue weighted by molar-refractivity contribution is 7.89. The number of carbonyl (C=O) groups is 1. The Bertz CT molecular complexity index is 736. The van der Waals surface area contributed by atoms with Crippen molar-refractivity contribution >= 4 is 39.2 Å². The van der Waals surface area contributed by atoms with Crippen molar-refractivity contribution < 1.29 is 17.9 Å². The van der Waals surface area contributed by atoms with Gasteiger partial charge in [0.1, 0.15) is 16.1 Å². The molecular formula is C14H17Cl2N3O4S. The van der Waals surface area contributed by atoms with Crippen LogP contribution in [0, 0.1) is 0 Å². The van der Waals surface area contributed by atoms with E-state index in [9.17, 15) is 13.2 Å². The van der Waals surface area contributed by atoms with Gasteiger partial charge in [-0.1, -0.05) is 23.2 Å². The maximum Gasteiger partial charge on any atom is 0.323 e. The molecule has 2 aliphatic rings. The molecule has 2 saturated heterocycles. The van der Waals surface area contributed by atoms with Crippen LogP contribution in [0.25, 0.3) is 0 Å². The van der Waals surface area contributed by atoms with Gasteiger partial charge in [0.15, 0.2) is 0 Å². The number of aromatic nitrogens is 1. The topological polar surface area (TPSA) is 88.6 Å². The average molecular weight is 394 g/mol. The highest BCUT2D eigenvalue weighted by atomic mass is 35.5. The van der Waals surface area contributed by atoms with E-state index < -0.39 is 10.0 Å². The van der Waals surface area contributed by atoms with Gasteiger partial charge in [-0.05, 0) is 18.9 Å². The van der Waals surface area contributed by atoms with E-state index in [1.165, 1.54) is 12.3 Å². The lowest BCUT2D eigenvalue weighted by Crippen LogP contribution is -2.49. The molecule has 0 spiro atoms. The molecule has 7 nitrogen and oxygen atoms in total. The molecule has 1 unspecified atom stereocenters. The summed E-state index contributed by atoms with van der Waals surface area (Å²) in [5.41, 5.74) is 0. The van der Waals surface area contributed by atoms with E-state index in [4.69, 9.17) is 27.9 Å². The summed E-state index contributed by atoms with van der Waals surface area (Å²) in [7, 11) is -3.71. The molecule has 132 valence electrons. The molecule has 0 bridgehead atoms. The van der Waals surface area contributed by atoms with Crippen LogP contribution in [0.4, 0.5) is 0 Å². The molecular weight excluding hydrogens is 377 g/mol. The molecule has 3 heterocycles. The molecule has 2 fully saturated rings. The van der Waals surface area contributed by atoms with E-state index in [1.54, 1.807) is 0 Å². The van der Waals surface area contributed by atoms with Crippen molar-refractivity contribution in [2.45, 2.75) is 36.2 Å². The van der Waals surface area contributed by atoms with E-state index in [0.29, 0.717) is 39.0 Å². The number of rotatable bonds is 4. The van der Waals surface area contributed by atoms with Crippen LogP contribution >= 0.6 is 23.2 Å². The molecule has 1 aromatic rings. The molecule has 1 aromatic heterocycles. The number of ether oxygens (including phenoxy) is 1. The minimum atomic E-state index is -3.71. The number of hydrogen-bond donors (Lipinski definition) is 1. The number of nitrogens with zero attached hydrogens (tertiary/aromatic N) is 2. The molecule has 0 radical (unpaired) electrons. The van der Waals surface area contributed by atoms with Crippen LogP contribution in [0.3, 0.4) is 0 Å². The molecule has 1 atom stereocenters. The number of nitrogens with one attached hydrogen (secondary N) is 1. The first-order chi connectivity index (χ1) is 11.4. The second-order valence-electron chi connectivity index (χ2n) is 5.85. The smallest absolute Gasteiger partial charge is 0.323 e. The van der Waals surface area contributed by atoms with E-state index in [0.717, 1.165) is 0 Å². The second kappa shape index (κ2) is 7.13. The van der Waals surface area contributed by atoms with Crippen LogP contribution in [0.1, 0.15) is 19.3 Å². The van der Waals surface area contributed by atoms with E-state index in [-0.39, 0.29) is 33.1 Å². The monoisotopic (exact) mass is 393 g/mol. The Kier molecular flexibility index (Phi) is 5.31. The summed E-state index contributed by atoms with van der Waals surface area (Å²) in [6, 6.07) is 0.892. The van der Waals surface area contributed by atoms with Gasteiger partial charge in [-0.2, -0.15) is 0 Å². The Hall–Kier alpha value is -0.930. The Balaban J connectivity index is 1.60. The number of pyridine rings is 1. The fraction of sp³-hybridized carbons (Fsp3) is 0.571. The normalized spacial score (nSPS) is 23.4. The quantitative estimate of drug-likeness (QED) is 0.614. The van der Waals surface area contributed by atoms with Crippen LogP contribution < -0.4 is 4.72 Å². The third kappa shape index (κ3) is 3.83. The Labute approximate surface area is 150 Å². The Morgan fingerprint density at radius 2 is 1.96 bits per heavy atom. The Morgan fingerprint density at radius 3 is 2.54 bits per heavy atom. The molecule has 10 heteroatoms. The van der Waals surface area contributed by atoms with Crippen molar-refractivity contribution in [3.05, 3.63) is 22.4 Å². The van der Waals surface area contributed by atoms with Crippen molar-refractivity contribution in [1.82, 2.24) is 14.6 Å². The summed E-state index contributed by atoms with van der Waals surface area (Å²) < 4.78 is 32.5. The fourth-order valence-electron chi connectivity index (χ4n) is 2.98. The number of likely N-dealkylation sites (tertiary alicyclic amines) is 1. The van der Waals surface area contributed by atoms with Gasteiger partial charge in [-0.15, -0.1) is 0 Å². The van der Waals surface area contributed by atoms with Crippen molar-refractivity contribution in [3.63, 3.8) is 0 Å². The van der Waals surface area contributed by atoms with Gasteiger partial charge in [-0.25, -0.2) is 18.1 Å². The number of piperidine rings is 1. The lowest BCUT2D eigenvalue weighted by molar-refractivity contribution is -0.142. The number of sulfonamides is 1. The number of carbonyl (C=O) groups excluding carboxylic acids is 1. The van der Waals surface area contributed by atoms with Gasteiger partial charge in [-0.3, -0.25) is 9.69 Å². The predicted octanol–water partition coefficient (Wildman–Crippen LogP) is 1.45. The standard InChI is InChI=1S/C14H17Cl2N3O4S/c15-11-7-10(8-17-13(11)16)24(21,22)18-9-1-4-19(5-2-9)12-3-6-23-14(12)20/h7-9,12,18H,1-6H2. The maximum absolute atomic E-state index is 12.4. The largest absolute Gasteiger partial charge is 0.464 e. The first kappa shape index (κ1) is 17.9. The minimum absolute atomic E-state index is 0.0151. The summed E-state index contributed by atoms with van der Waals surface area (Å²) in [6.45, 7) is 1.75. The lowest BCUT2D eigenvalue weighted by Gasteiger charge is -2.34. The number of esters is 1. The first-order valence-corrected chi connectivity index (χ1v) is 9.85. The third-order valence-electron chi connectivity index (χ3n) is 4.28. The molecule has 2 aliphatic heterocycles. The summed E-state index contributed by atoms with van der Waals surface area (Å²) in [5.74, 6) is -0.184. The lowest BCUT2D eigenvalue weighted by atomic mass is 10.0. The summed E-state index contributed by atoms with van der Waals surface area (Å²) in [6.07, 6.45) is 3.12. The number of hydrogen-bond acceptors (Lipinski definition) is 6. The number of cyclic esters (lactones) is 1. The maximum atomic E-state index is 12.4. The van der Waals surface area contributed by atoms with Gasteiger partial charge >= 0.3 is 5.97 Å². The summed E-state index contributed by atoms with van der Waals surface area (Å²) in [4.78, 5) is 17.4. The number of halogens is 2. The van der Waals surface area contributed by atoms with Crippen LogP contribution in [0.5, 0.6) is 0 Å². The molecule has 0 amide bonds. The van der Waals surface area contributed by atoms with Crippen LogP contribution in [0.15, 0.2) is 17.2 Å². The molecule has 0 saturated carbocycles. The van der Waals surface area contributed by atoms with Gasteiger partial charge < -0.3 is 4.74 Å². The van der Waals surface area contributed by atoms with Crippen molar-refractivity contribution in [2.24, 2.45) is 0 Å². The fourth-order valence-corrected chi connectivity index (χ4v) is 4.59. The highest BCUT2D eigenvalue weighted by Crippen LogP contribution is 2.24. The SMILES string of the molecule is O=C1OCCC1N1CCC(NS(=O)(=O)c2cnc(Cl)c(Cl)c2)CC1. The molecule has 24 heavy (non-hydrogen) atoms. The molecule has 1 N–H and O–H groups in total. The van der Waals surface area contributed by atoms with Gasteiger partial charge in [0.05, 0.1) is 11.6 Å². The Morgan fingerprint density at radius 1 is 1.25 bits per heavy atom. The van der Waals surface area contributed by atoms with Crippen LogP contribution in [0.2, 0.25) is 10.2 Å². The zero-order chi connectivity index (χ0) is 17.3. The van der Waals surface area contributed by atoms with Gasteiger partial charge in [0.2, 0.25) is 10.0 Å². The third-order valence-corrected chi connectivity index (χ3v) is 6.45. The molecule has 3 rings (SSSR count). The zero-order valence-electron chi connectivity index (χ0n) is 12.7. The molecule has 0 aromatic carbocycles. The summed E-state index contributed by atoms with van der Waals surface area (Å²) in [5, 5.41) is 0.154. The van der Waals surface area contributed by atoms with E-state index >= 15 is 0 Å². The van der Waals surface area contributed by atoms with E-state index in [2.05, 4.69) is 14.6 Å². The average Bonchev–Trinajstić information content (AvgIpc) is 2.96. The van der Waals surface area contributed by atoms with Crippen LogP contribution in [-0.4, -0.2) is 56.1 Å². The summed E-state index contributed by atoms with van der Waals surface area (Å²) >= 11 is 11.5. The van der Waals surface area contributed by atoms with Crippen molar-refractivity contribution in [2.75, 3.05) is 19.7 Å². The van der Waals surface area contributed by atoms with Crippen molar-refractivity contribution in [3.8, 4) is 0 Å². The van der Waals surface area contributed by atoms with Crippen LogP contribution in [-0.2, 0) is 19.6 Å². The van der Waals surface area contributed by atoms with Gasteiger partial charge in [0.25, 0.3) is 0 Å². The highest BCUT2D eigenvalue weighted by Gasteiger charge is 2.35. The predicted molar refractivity (Wildman–Crippen MR) is 88.5 cm³/mol. The van der Waals surface area contributed by atoms with Crippen molar-refractivity contribution in [1.29, 1.82) is 0 Å². The zero-order valence-corrected chi connectivity index (χ0v) is 15.1. The van der Waals surface area contributed by atoms with E-state index in [1.807, 2.05) is 0 Å². The van der Waals surface area contributed by atoms with Gasteiger partial charge in [0, 0.05) is 31.7 Å². The first-order valence-electron chi connectivity index (χ1n) is 7.61. The molecule has 0 aliphatic carbocycles.